The highest BCUT2D eigenvalue weighted by molar-refractivity contribution is 5.80. The minimum absolute atomic E-state index is 0.0314. The van der Waals surface area contributed by atoms with E-state index < -0.39 is 0 Å². The number of anilines is 1. The second-order valence-electron chi connectivity index (χ2n) is 5.05. The van der Waals surface area contributed by atoms with Gasteiger partial charge in [0.25, 0.3) is 0 Å². The summed E-state index contributed by atoms with van der Waals surface area (Å²) in [5.41, 5.74) is 2.07. The molecule has 4 heteroatoms. The molecule has 0 heterocycles. The summed E-state index contributed by atoms with van der Waals surface area (Å²) in [5, 5.41) is 6.20. The zero-order chi connectivity index (χ0) is 13.7. The first-order chi connectivity index (χ1) is 9.24. The zero-order valence-electron chi connectivity index (χ0n) is 11.6. The van der Waals surface area contributed by atoms with Gasteiger partial charge in [0, 0.05) is 19.8 Å². The summed E-state index contributed by atoms with van der Waals surface area (Å²) in [7, 11) is 3.39. The number of ether oxygens (including phenoxy) is 1. The molecule has 0 radical (unpaired) electrons. The van der Waals surface area contributed by atoms with E-state index in [0.29, 0.717) is 25.0 Å². The lowest BCUT2D eigenvalue weighted by Gasteiger charge is -2.20. The van der Waals surface area contributed by atoms with Gasteiger partial charge in [-0.1, -0.05) is 18.2 Å². The number of carbonyl (C=O) groups is 1. The average molecular weight is 262 g/mol. The van der Waals surface area contributed by atoms with Crippen LogP contribution < -0.4 is 10.6 Å². The van der Waals surface area contributed by atoms with Crippen LogP contribution in [0, 0.1) is 5.92 Å². The molecule has 1 amide bonds. The highest BCUT2D eigenvalue weighted by Gasteiger charge is 2.31. The molecule has 2 N–H and O–H groups in total. The minimum atomic E-state index is 0.0314. The Labute approximate surface area is 114 Å². The van der Waals surface area contributed by atoms with Crippen LogP contribution in [0.3, 0.4) is 0 Å². The van der Waals surface area contributed by atoms with E-state index in [4.69, 9.17) is 4.74 Å². The number of amides is 1. The molecule has 1 aliphatic rings. The lowest BCUT2D eigenvalue weighted by atomic mass is 10.1. The predicted molar refractivity (Wildman–Crippen MR) is 76.2 cm³/mol. The molecule has 19 heavy (non-hydrogen) atoms. The van der Waals surface area contributed by atoms with Crippen LogP contribution >= 0.6 is 0 Å². The number of para-hydroxylation sites is 1. The fourth-order valence-electron chi connectivity index (χ4n) is 2.25. The smallest absolute Gasteiger partial charge is 0.224 e. The molecule has 2 rings (SSSR count). The average Bonchev–Trinajstić information content (AvgIpc) is 3.24. The van der Waals surface area contributed by atoms with Crippen molar-refractivity contribution < 1.29 is 9.53 Å². The second kappa shape index (κ2) is 6.57. The third-order valence-electron chi connectivity index (χ3n) is 3.53. The van der Waals surface area contributed by atoms with Crippen molar-refractivity contribution in [3.8, 4) is 0 Å². The van der Waals surface area contributed by atoms with Crippen LogP contribution in [0.5, 0.6) is 0 Å². The van der Waals surface area contributed by atoms with Gasteiger partial charge in [0.15, 0.2) is 0 Å². The largest absolute Gasteiger partial charge is 0.383 e. The summed E-state index contributed by atoms with van der Waals surface area (Å²) in [4.78, 5) is 11.5. The van der Waals surface area contributed by atoms with E-state index in [1.54, 1.807) is 14.2 Å². The molecule has 1 saturated carbocycles. The maximum absolute atomic E-state index is 11.5. The van der Waals surface area contributed by atoms with E-state index in [-0.39, 0.29) is 5.91 Å². The molecule has 1 aliphatic carbocycles. The maximum Gasteiger partial charge on any atom is 0.224 e. The topological polar surface area (TPSA) is 50.4 Å². The fraction of sp³-hybridized carbons (Fsp3) is 0.533. The van der Waals surface area contributed by atoms with Gasteiger partial charge in [-0.25, -0.2) is 0 Å². The number of hydrogen-bond donors (Lipinski definition) is 2. The van der Waals surface area contributed by atoms with Crippen LogP contribution in [-0.2, 0) is 16.0 Å². The number of nitrogens with one attached hydrogen (secondary N) is 2. The van der Waals surface area contributed by atoms with Crippen LogP contribution in [0.2, 0.25) is 0 Å². The van der Waals surface area contributed by atoms with E-state index in [2.05, 4.69) is 10.6 Å². The van der Waals surface area contributed by atoms with Crippen molar-refractivity contribution in [2.45, 2.75) is 25.3 Å². The Morgan fingerprint density at radius 3 is 2.79 bits per heavy atom. The zero-order valence-corrected chi connectivity index (χ0v) is 11.6. The van der Waals surface area contributed by atoms with Crippen LogP contribution in [-0.4, -0.2) is 32.7 Å². The highest BCUT2D eigenvalue weighted by Crippen LogP contribution is 2.34. The van der Waals surface area contributed by atoms with E-state index in [1.807, 2.05) is 24.3 Å². The quantitative estimate of drug-likeness (QED) is 0.788. The van der Waals surface area contributed by atoms with Gasteiger partial charge in [-0.3, -0.25) is 4.79 Å². The molecule has 0 spiro atoms. The lowest BCUT2D eigenvalue weighted by molar-refractivity contribution is -0.119. The van der Waals surface area contributed by atoms with Crippen molar-refractivity contribution in [3.63, 3.8) is 0 Å². The van der Waals surface area contributed by atoms with Crippen LogP contribution in [0.15, 0.2) is 24.3 Å². The van der Waals surface area contributed by atoms with Crippen molar-refractivity contribution in [2.24, 2.45) is 5.92 Å². The second-order valence-corrected chi connectivity index (χ2v) is 5.05. The molecule has 0 saturated heterocycles. The highest BCUT2D eigenvalue weighted by atomic mass is 16.5. The monoisotopic (exact) mass is 262 g/mol. The van der Waals surface area contributed by atoms with Gasteiger partial charge in [0.2, 0.25) is 5.91 Å². The molecule has 0 aromatic heterocycles. The van der Waals surface area contributed by atoms with Crippen molar-refractivity contribution in [1.29, 1.82) is 0 Å². The molecule has 0 aliphatic heterocycles. The van der Waals surface area contributed by atoms with Crippen molar-refractivity contribution in [1.82, 2.24) is 5.32 Å². The van der Waals surface area contributed by atoms with Crippen LogP contribution in [0.25, 0.3) is 0 Å². The third-order valence-corrected chi connectivity index (χ3v) is 3.53. The number of carbonyl (C=O) groups excluding carboxylic acids is 1. The van der Waals surface area contributed by atoms with E-state index in [1.165, 1.54) is 12.8 Å². The Balaban J connectivity index is 2.07. The number of rotatable bonds is 7. The summed E-state index contributed by atoms with van der Waals surface area (Å²) >= 11 is 0. The Hall–Kier alpha value is -1.55. The Kier molecular flexibility index (Phi) is 4.80. The van der Waals surface area contributed by atoms with Gasteiger partial charge in [-0.05, 0) is 30.4 Å². The molecule has 1 aromatic rings. The molecule has 104 valence electrons. The normalized spacial score (nSPS) is 15.9. The van der Waals surface area contributed by atoms with E-state index in [9.17, 15) is 4.79 Å². The van der Waals surface area contributed by atoms with Gasteiger partial charge in [-0.15, -0.1) is 0 Å². The molecule has 1 atom stereocenters. The summed E-state index contributed by atoms with van der Waals surface area (Å²) in [6, 6.07) is 8.33. The van der Waals surface area contributed by atoms with Crippen LogP contribution in [0.1, 0.15) is 18.4 Å². The van der Waals surface area contributed by atoms with Crippen molar-refractivity contribution >= 4 is 11.6 Å². The SMILES string of the molecule is CNC(=O)Cc1ccccc1NC(COC)C1CC1. The molecule has 1 unspecified atom stereocenters. The summed E-state index contributed by atoms with van der Waals surface area (Å²) in [6.07, 6.45) is 2.93. The van der Waals surface area contributed by atoms with Crippen molar-refractivity contribution in [2.75, 3.05) is 26.1 Å². The third kappa shape index (κ3) is 3.96. The molecular formula is C15H22N2O2. The van der Waals surface area contributed by atoms with Gasteiger partial charge < -0.3 is 15.4 Å². The molecule has 1 fully saturated rings. The van der Waals surface area contributed by atoms with E-state index >= 15 is 0 Å². The summed E-state index contributed by atoms with van der Waals surface area (Å²) in [6.45, 7) is 0.707. The lowest BCUT2D eigenvalue weighted by Crippen LogP contribution is -2.28. The number of hydrogen-bond acceptors (Lipinski definition) is 3. The maximum atomic E-state index is 11.5. The standard InChI is InChI=1S/C15H22N2O2/c1-16-15(18)9-12-5-3-4-6-13(12)17-14(10-19-2)11-7-8-11/h3-6,11,14,17H,7-10H2,1-2H3,(H,16,18). The minimum Gasteiger partial charge on any atom is -0.383 e. The summed E-state index contributed by atoms with van der Waals surface area (Å²) < 4.78 is 5.28. The molecule has 1 aromatic carbocycles. The molecule has 0 bridgehead atoms. The predicted octanol–water partition coefficient (Wildman–Crippen LogP) is 1.81. The van der Waals surface area contributed by atoms with Gasteiger partial charge >= 0.3 is 0 Å². The first-order valence-electron chi connectivity index (χ1n) is 6.78. The van der Waals surface area contributed by atoms with Crippen molar-refractivity contribution in [3.05, 3.63) is 29.8 Å². The first-order valence-corrected chi connectivity index (χ1v) is 6.78. The molecular weight excluding hydrogens is 240 g/mol. The summed E-state index contributed by atoms with van der Waals surface area (Å²) in [5.74, 6) is 0.733. The fourth-order valence-corrected chi connectivity index (χ4v) is 2.25. The number of benzene rings is 1. The molecule has 4 nitrogen and oxygen atoms in total. The van der Waals surface area contributed by atoms with Gasteiger partial charge in [-0.2, -0.15) is 0 Å². The van der Waals surface area contributed by atoms with Gasteiger partial charge in [0.1, 0.15) is 0 Å². The first kappa shape index (κ1) is 13.9. The van der Waals surface area contributed by atoms with E-state index in [0.717, 1.165) is 11.3 Å². The Bertz CT molecular complexity index is 430. The van der Waals surface area contributed by atoms with Gasteiger partial charge in [0.05, 0.1) is 19.1 Å². The Morgan fingerprint density at radius 2 is 2.16 bits per heavy atom. The van der Waals surface area contributed by atoms with Crippen LogP contribution in [0.4, 0.5) is 5.69 Å². The number of methoxy groups -OCH3 is 1. The number of likely N-dealkylation sites (N-methyl/N-ethyl adjacent to an activating group) is 1. The Morgan fingerprint density at radius 1 is 1.42 bits per heavy atom.